The minimum atomic E-state index is -0.302. The SMILES string of the molecule is CN(C=O)c1nc(-c2ccc(F)cc2)[nH]c1-c1ccccc1. The Morgan fingerprint density at radius 3 is 2.36 bits per heavy atom. The number of halogens is 1. The molecule has 0 saturated carbocycles. The third-order valence-corrected chi connectivity index (χ3v) is 3.36. The van der Waals surface area contributed by atoms with Crippen molar-refractivity contribution in [1.29, 1.82) is 0 Å². The molecule has 0 unspecified atom stereocenters. The van der Waals surface area contributed by atoms with Gasteiger partial charge in [0.15, 0.2) is 5.82 Å². The molecule has 0 fully saturated rings. The zero-order valence-electron chi connectivity index (χ0n) is 12.0. The fraction of sp³-hybridized carbons (Fsp3) is 0.0588. The van der Waals surface area contributed by atoms with Gasteiger partial charge in [0.25, 0.3) is 0 Å². The van der Waals surface area contributed by atoms with Crippen molar-refractivity contribution in [3.05, 3.63) is 60.4 Å². The largest absolute Gasteiger partial charge is 0.336 e. The van der Waals surface area contributed by atoms with E-state index in [2.05, 4.69) is 9.97 Å². The van der Waals surface area contributed by atoms with E-state index in [-0.39, 0.29) is 5.82 Å². The molecule has 0 saturated heterocycles. The van der Waals surface area contributed by atoms with Gasteiger partial charge >= 0.3 is 0 Å². The molecule has 1 aromatic heterocycles. The summed E-state index contributed by atoms with van der Waals surface area (Å²) in [7, 11) is 1.64. The van der Waals surface area contributed by atoms with E-state index in [1.54, 1.807) is 19.2 Å². The molecular formula is C17H14FN3O. The monoisotopic (exact) mass is 295 g/mol. The van der Waals surface area contributed by atoms with E-state index in [1.165, 1.54) is 17.0 Å². The number of rotatable bonds is 4. The van der Waals surface area contributed by atoms with Crippen molar-refractivity contribution < 1.29 is 9.18 Å². The molecule has 0 aliphatic heterocycles. The number of benzene rings is 2. The minimum absolute atomic E-state index is 0.302. The van der Waals surface area contributed by atoms with Crippen LogP contribution in [0, 0.1) is 5.82 Å². The van der Waals surface area contributed by atoms with E-state index in [0.29, 0.717) is 18.1 Å². The van der Waals surface area contributed by atoms with Crippen LogP contribution < -0.4 is 4.90 Å². The van der Waals surface area contributed by atoms with E-state index in [1.807, 2.05) is 30.3 Å². The molecule has 0 radical (unpaired) electrons. The van der Waals surface area contributed by atoms with Gasteiger partial charge in [-0.15, -0.1) is 0 Å². The number of H-pyrrole nitrogens is 1. The number of nitrogens with one attached hydrogen (secondary N) is 1. The molecule has 110 valence electrons. The summed E-state index contributed by atoms with van der Waals surface area (Å²) in [6.07, 6.45) is 0.705. The number of anilines is 1. The van der Waals surface area contributed by atoms with Crippen molar-refractivity contribution in [3.63, 3.8) is 0 Å². The third-order valence-electron chi connectivity index (χ3n) is 3.36. The molecule has 3 aromatic rings. The van der Waals surface area contributed by atoms with Gasteiger partial charge in [-0.25, -0.2) is 9.37 Å². The summed E-state index contributed by atoms with van der Waals surface area (Å²) in [5, 5.41) is 0. The van der Waals surface area contributed by atoms with Crippen LogP contribution in [-0.4, -0.2) is 23.4 Å². The molecule has 22 heavy (non-hydrogen) atoms. The highest BCUT2D eigenvalue weighted by Crippen LogP contribution is 2.30. The highest BCUT2D eigenvalue weighted by atomic mass is 19.1. The van der Waals surface area contributed by atoms with Gasteiger partial charge in [0, 0.05) is 18.2 Å². The predicted molar refractivity (Wildman–Crippen MR) is 83.9 cm³/mol. The first kappa shape index (κ1) is 14.0. The molecular weight excluding hydrogens is 281 g/mol. The molecule has 1 heterocycles. The third kappa shape index (κ3) is 2.61. The average Bonchev–Trinajstić information content (AvgIpc) is 3.01. The summed E-state index contributed by atoms with van der Waals surface area (Å²) in [6, 6.07) is 15.7. The van der Waals surface area contributed by atoms with Crippen molar-refractivity contribution in [2.75, 3.05) is 11.9 Å². The molecule has 2 aromatic carbocycles. The van der Waals surface area contributed by atoms with E-state index >= 15 is 0 Å². The van der Waals surface area contributed by atoms with Crippen LogP contribution in [0.2, 0.25) is 0 Å². The fourth-order valence-electron chi connectivity index (χ4n) is 2.22. The number of hydrogen-bond donors (Lipinski definition) is 1. The number of hydrogen-bond acceptors (Lipinski definition) is 2. The van der Waals surface area contributed by atoms with Crippen molar-refractivity contribution in [1.82, 2.24) is 9.97 Å². The van der Waals surface area contributed by atoms with Crippen LogP contribution >= 0.6 is 0 Å². The van der Waals surface area contributed by atoms with Crippen LogP contribution in [0.15, 0.2) is 54.6 Å². The van der Waals surface area contributed by atoms with Crippen molar-refractivity contribution in [3.8, 4) is 22.6 Å². The van der Waals surface area contributed by atoms with Gasteiger partial charge in [-0.1, -0.05) is 30.3 Å². The van der Waals surface area contributed by atoms with Gasteiger partial charge in [0.05, 0.1) is 5.69 Å². The lowest BCUT2D eigenvalue weighted by molar-refractivity contribution is -0.107. The van der Waals surface area contributed by atoms with Crippen LogP contribution in [-0.2, 0) is 4.79 Å². The van der Waals surface area contributed by atoms with Gasteiger partial charge in [0.1, 0.15) is 11.6 Å². The van der Waals surface area contributed by atoms with Gasteiger partial charge in [-0.2, -0.15) is 0 Å². The van der Waals surface area contributed by atoms with Crippen LogP contribution in [0.5, 0.6) is 0 Å². The lowest BCUT2D eigenvalue weighted by Crippen LogP contribution is -2.15. The van der Waals surface area contributed by atoms with Crippen molar-refractivity contribution in [2.24, 2.45) is 0 Å². The number of aromatic amines is 1. The maximum atomic E-state index is 13.0. The number of carbonyl (C=O) groups excluding carboxylic acids is 1. The topological polar surface area (TPSA) is 49.0 Å². The first-order valence-corrected chi connectivity index (χ1v) is 6.78. The maximum absolute atomic E-state index is 13.0. The number of carbonyl (C=O) groups is 1. The van der Waals surface area contributed by atoms with Gasteiger partial charge in [-0.05, 0) is 24.3 Å². The van der Waals surface area contributed by atoms with E-state index in [0.717, 1.165) is 16.8 Å². The van der Waals surface area contributed by atoms with Gasteiger partial charge in [-0.3, -0.25) is 4.79 Å². The van der Waals surface area contributed by atoms with Crippen molar-refractivity contribution >= 4 is 12.2 Å². The second-order valence-electron chi connectivity index (χ2n) is 4.87. The fourth-order valence-corrected chi connectivity index (χ4v) is 2.22. The molecule has 1 amide bonds. The lowest BCUT2D eigenvalue weighted by Gasteiger charge is -2.09. The number of aromatic nitrogens is 2. The van der Waals surface area contributed by atoms with Gasteiger partial charge in [0.2, 0.25) is 6.41 Å². The Morgan fingerprint density at radius 2 is 1.73 bits per heavy atom. The Labute approximate surface area is 127 Å². The normalized spacial score (nSPS) is 10.5. The van der Waals surface area contributed by atoms with Gasteiger partial charge < -0.3 is 9.88 Å². The predicted octanol–water partition coefficient (Wildman–Crippen LogP) is 3.48. The molecule has 0 aliphatic carbocycles. The zero-order valence-corrected chi connectivity index (χ0v) is 12.0. The molecule has 0 spiro atoms. The smallest absolute Gasteiger partial charge is 0.215 e. The summed E-state index contributed by atoms with van der Waals surface area (Å²) >= 11 is 0. The minimum Gasteiger partial charge on any atom is -0.336 e. The van der Waals surface area contributed by atoms with E-state index < -0.39 is 0 Å². The lowest BCUT2D eigenvalue weighted by atomic mass is 10.1. The van der Waals surface area contributed by atoms with Crippen LogP contribution in [0.3, 0.4) is 0 Å². The number of amides is 1. The summed E-state index contributed by atoms with van der Waals surface area (Å²) in [4.78, 5) is 20.2. The molecule has 4 nitrogen and oxygen atoms in total. The Morgan fingerprint density at radius 1 is 1.05 bits per heavy atom. The molecule has 0 aliphatic rings. The average molecular weight is 295 g/mol. The molecule has 5 heteroatoms. The summed E-state index contributed by atoms with van der Waals surface area (Å²) < 4.78 is 13.0. The zero-order chi connectivity index (χ0) is 15.5. The van der Waals surface area contributed by atoms with Crippen molar-refractivity contribution in [2.45, 2.75) is 0 Å². The first-order chi connectivity index (χ1) is 10.7. The van der Waals surface area contributed by atoms with E-state index in [9.17, 15) is 9.18 Å². The highest BCUT2D eigenvalue weighted by molar-refractivity contribution is 5.84. The molecule has 0 bridgehead atoms. The Balaban J connectivity index is 2.12. The van der Waals surface area contributed by atoms with Crippen LogP contribution in [0.4, 0.5) is 10.2 Å². The molecule has 3 rings (SSSR count). The second kappa shape index (κ2) is 5.81. The van der Waals surface area contributed by atoms with Crippen LogP contribution in [0.25, 0.3) is 22.6 Å². The summed E-state index contributed by atoms with van der Waals surface area (Å²) in [5.74, 6) is 0.812. The standard InChI is InChI=1S/C17H14FN3O/c1-21(11-22)17-15(12-5-3-2-4-6-12)19-16(20-17)13-7-9-14(18)10-8-13/h2-11H,1H3,(H,19,20). The first-order valence-electron chi connectivity index (χ1n) is 6.78. The van der Waals surface area contributed by atoms with Crippen LogP contribution in [0.1, 0.15) is 0 Å². The maximum Gasteiger partial charge on any atom is 0.215 e. The number of imidazole rings is 1. The second-order valence-corrected chi connectivity index (χ2v) is 4.87. The molecule has 0 atom stereocenters. The Bertz CT molecular complexity index is 781. The Kier molecular flexibility index (Phi) is 3.70. The summed E-state index contributed by atoms with van der Waals surface area (Å²) in [6.45, 7) is 0. The highest BCUT2D eigenvalue weighted by Gasteiger charge is 2.16. The molecule has 1 N–H and O–H groups in total. The van der Waals surface area contributed by atoms with E-state index in [4.69, 9.17) is 0 Å². The number of nitrogens with zero attached hydrogens (tertiary/aromatic N) is 2. The quantitative estimate of drug-likeness (QED) is 0.749. The Hall–Kier alpha value is -2.95. The summed E-state index contributed by atoms with van der Waals surface area (Å²) in [5.41, 5.74) is 2.42.